The van der Waals surface area contributed by atoms with E-state index in [4.69, 9.17) is 21.1 Å². The van der Waals surface area contributed by atoms with Crippen LogP contribution >= 0.6 is 11.6 Å². The summed E-state index contributed by atoms with van der Waals surface area (Å²) in [6, 6.07) is 4.95. The molecule has 1 saturated carbocycles. The maximum absolute atomic E-state index is 12.7. The van der Waals surface area contributed by atoms with Gasteiger partial charge in [-0.25, -0.2) is 0 Å². The molecule has 0 aromatic heterocycles. The number of hydrogen-bond acceptors (Lipinski definition) is 4. The van der Waals surface area contributed by atoms with Crippen LogP contribution in [0.2, 0.25) is 5.02 Å². The molecule has 1 amide bonds. The van der Waals surface area contributed by atoms with Gasteiger partial charge < -0.3 is 14.4 Å². The van der Waals surface area contributed by atoms with E-state index in [1.807, 2.05) is 0 Å². The molecule has 1 aromatic carbocycles. The topological polar surface area (TPSA) is 55.8 Å². The monoisotopic (exact) mass is 311 g/mol. The Morgan fingerprint density at radius 1 is 1.38 bits per heavy atom. The lowest BCUT2D eigenvalue weighted by Crippen LogP contribution is -2.38. The van der Waals surface area contributed by atoms with E-state index in [-0.39, 0.29) is 18.5 Å². The number of benzene rings is 1. The lowest BCUT2D eigenvalue weighted by molar-refractivity contribution is -0.144. The molecule has 1 aliphatic rings. The number of hydrogen-bond donors (Lipinski definition) is 0. The zero-order valence-electron chi connectivity index (χ0n) is 12.1. The zero-order valence-corrected chi connectivity index (χ0v) is 12.9. The molecule has 0 radical (unpaired) electrons. The third-order valence-electron chi connectivity index (χ3n) is 3.25. The third kappa shape index (κ3) is 3.88. The molecule has 1 aromatic rings. The molecule has 5 nitrogen and oxygen atoms in total. The van der Waals surface area contributed by atoms with Crippen LogP contribution in [0.4, 0.5) is 0 Å². The summed E-state index contributed by atoms with van der Waals surface area (Å²) in [7, 11) is 1.49. The fourth-order valence-corrected chi connectivity index (χ4v) is 2.27. The molecule has 0 aliphatic heterocycles. The summed E-state index contributed by atoms with van der Waals surface area (Å²) >= 11 is 5.96. The van der Waals surface area contributed by atoms with Crippen molar-refractivity contribution in [1.29, 1.82) is 0 Å². The van der Waals surface area contributed by atoms with Gasteiger partial charge in [-0.15, -0.1) is 0 Å². The predicted molar refractivity (Wildman–Crippen MR) is 78.7 cm³/mol. The van der Waals surface area contributed by atoms with Crippen LogP contribution in [0, 0.1) is 0 Å². The number of carbonyl (C=O) groups excluding carboxylic acids is 2. The highest BCUT2D eigenvalue weighted by Crippen LogP contribution is 2.31. The number of carbonyl (C=O) groups is 2. The summed E-state index contributed by atoms with van der Waals surface area (Å²) in [5.41, 5.74) is 0.362. The van der Waals surface area contributed by atoms with Crippen molar-refractivity contribution in [2.24, 2.45) is 0 Å². The van der Waals surface area contributed by atoms with E-state index < -0.39 is 5.97 Å². The molecule has 21 heavy (non-hydrogen) atoms. The van der Waals surface area contributed by atoms with E-state index in [1.165, 1.54) is 12.0 Å². The van der Waals surface area contributed by atoms with Gasteiger partial charge in [-0.2, -0.15) is 0 Å². The van der Waals surface area contributed by atoms with E-state index in [9.17, 15) is 9.59 Å². The summed E-state index contributed by atoms with van der Waals surface area (Å²) < 4.78 is 10.1. The average molecular weight is 312 g/mol. The van der Waals surface area contributed by atoms with Crippen LogP contribution in [0.25, 0.3) is 0 Å². The van der Waals surface area contributed by atoms with Crippen LogP contribution in [-0.2, 0) is 9.53 Å². The standard InChI is InChI=1S/C15H18ClNO4/c1-3-21-14(18)9-17(11-5-6-11)15(19)12-8-10(16)4-7-13(12)20-2/h4,7-8,11H,3,5-6,9H2,1-2H3. The number of halogens is 1. The van der Waals surface area contributed by atoms with E-state index in [2.05, 4.69) is 0 Å². The zero-order chi connectivity index (χ0) is 15.4. The van der Waals surface area contributed by atoms with Crippen molar-refractivity contribution < 1.29 is 19.1 Å². The lowest BCUT2D eigenvalue weighted by atomic mass is 10.1. The van der Waals surface area contributed by atoms with Crippen LogP contribution in [0.15, 0.2) is 18.2 Å². The molecule has 0 unspecified atom stereocenters. The molecule has 0 spiro atoms. The van der Waals surface area contributed by atoms with Crippen molar-refractivity contribution >= 4 is 23.5 Å². The Morgan fingerprint density at radius 2 is 2.10 bits per heavy atom. The first-order chi connectivity index (χ1) is 10.1. The number of nitrogens with zero attached hydrogens (tertiary/aromatic N) is 1. The maximum atomic E-state index is 12.7. The first kappa shape index (κ1) is 15.6. The largest absolute Gasteiger partial charge is 0.496 e. The van der Waals surface area contributed by atoms with E-state index in [0.29, 0.717) is 22.9 Å². The van der Waals surface area contributed by atoms with Gasteiger partial charge in [0.05, 0.1) is 19.3 Å². The average Bonchev–Trinajstić information content (AvgIpc) is 3.29. The second kappa shape index (κ2) is 6.80. The van der Waals surface area contributed by atoms with Gasteiger partial charge in [0, 0.05) is 11.1 Å². The molecule has 0 heterocycles. The summed E-state index contributed by atoms with van der Waals surface area (Å²) in [6.45, 7) is 1.99. The first-order valence-electron chi connectivity index (χ1n) is 6.87. The van der Waals surface area contributed by atoms with E-state index >= 15 is 0 Å². The quantitative estimate of drug-likeness (QED) is 0.758. The van der Waals surface area contributed by atoms with Crippen molar-refractivity contribution in [2.75, 3.05) is 20.3 Å². The normalized spacial score (nSPS) is 13.7. The fraction of sp³-hybridized carbons (Fsp3) is 0.467. The van der Waals surface area contributed by atoms with Crippen LogP contribution in [0.3, 0.4) is 0 Å². The summed E-state index contributed by atoms with van der Waals surface area (Å²) in [5, 5.41) is 0.450. The Morgan fingerprint density at radius 3 is 2.67 bits per heavy atom. The Hall–Kier alpha value is -1.75. The highest BCUT2D eigenvalue weighted by molar-refractivity contribution is 6.31. The minimum Gasteiger partial charge on any atom is -0.496 e. The molecule has 2 rings (SSSR count). The minimum absolute atomic E-state index is 0.0486. The van der Waals surface area contributed by atoms with Crippen LogP contribution in [-0.4, -0.2) is 43.1 Å². The molecule has 114 valence electrons. The van der Waals surface area contributed by atoms with E-state index in [1.54, 1.807) is 25.1 Å². The van der Waals surface area contributed by atoms with Crippen molar-refractivity contribution in [3.8, 4) is 5.75 Å². The lowest BCUT2D eigenvalue weighted by Gasteiger charge is -2.22. The van der Waals surface area contributed by atoms with Gasteiger partial charge in [-0.05, 0) is 38.0 Å². The van der Waals surface area contributed by atoms with Crippen molar-refractivity contribution in [1.82, 2.24) is 4.90 Å². The molecule has 1 fully saturated rings. The SMILES string of the molecule is CCOC(=O)CN(C(=O)c1cc(Cl)ccc1OC)C1CC1. The Labute approximate surface area is 128 Å². The van der Waals surface area contributed by atoms with Gasteiger partial charge in [0.1, 0.15) is 12.3 Å². The summed E-state index contributed by atoms with van der Waals surface area (Å²) in [6.07, 6.45) is 1.79. The highest BCUT2D eigenvalue weighted by atomic mass is 35.5. The van der Waals surface area contributed by atoms with Crippen molar-refractivity contribution in [2.45, 2.75) is 25.8 Å². The van der Waals surface area contributed by atoms with Gasteiger partial charge in [0.25, 0.3) is 5.91 Å². The highest BCUT2D eigenvalue weighted by Gasteiger charge is 2.35. The maximum Gasteiger partial charge on any atom is 0.325 e. The Kier molecular flexibility index (Phi) is 5.07. The summed E-state index contributed by atoms with van der Waals surface area (Å²) in [4.78, 5) is 25.9. The molecule has 0 atom stereocenters. The smallest absolute Gasteiger partial charge is 0.325 e. The molecule has 6 heteroatoms. The third-order valence-corrected chi connectivity index (χ3v) is 3.48. The van der Waals surface area contributed by atoms with Crippen molar-refractivity contribution in [3.63, 3.8) is 0 Å². The van der Waals surface area contributed by atoms with Crippen LogP contribution in [0.5, 0.6) is 5.75 Å². The molecule has 0 bridgehead atoms. The van der Waals surface area contributed by atoms with Gasteiger partial charge in [0.15, 0.2) is 0 Å². The Bertz CT molecular complexity index is 542. The molecule has 0 saturated heterocycles. The van der Waals surface area contributed by atoms with E-state index in [0.717, 1.165) is 12.8 Å². The molecule has 1 aliphatic carbocycles. The summed E-state index contributed by atoms with van der Waals surface area (Å²) in [5.74, 6) is -0.220. The van der Waals surface area contributed by atoms with Gasteiger partial charge in [-0.3, -0.25) is 9.59 Å². The minimum atomic E-state index is -0.404. The van der Waals surface area contributed by atoms with Gasteiger partial charge in [0.2, 0.25) is 0 Å². The number of esters is 1. The molecule has 0 N–H and O–H groups in total. The number of ether oxygens (including phenoxy) is 2. The van der Waals surface area contributed by atoms with Crippen LogP contribution < -0.4 is 4.74 Å². The molecular weight excluding hydrogens is 294 g/mol. The fourth-order valence-electron chi connectivity index (χ4n) is 2.10. The van der Waals surface area contributed by atoms with Crippen molar-refractivity contribution in [3.05, 3.63) is 28.8 Å². The second-order valence-electron chi connectivity index (χ2n) is 4.81. The predicted octanol–water partition coefficient (Wildman–Crippen LogP) is 2.52. The van der Waals surface area contributed by atoms with Gasteiger partial charge >= 0.3 is 5.97 Å². The number of amides is 1. The van der Waals surface area contributed by atoms with Gasteiger partial charge in [-0.1, -0.05) is 11.6 Å². The second-order valence-corrected chi connectivity index (χ2v) is 5.25. The number of rotatable bonds is 6. The first-order valence-corrected chi connectivity index (χ1v) is 7.24. The Balaban J connectivity index is 2.22. The van der Waals surface area contributed by atoms with Crippen LogP contribution in [0.1, 0.15) is 30.1 Å². The molecular formula is C15H18ClNO4. The number of methoxy groups -OCH3 is 1.